The molecule has 1 atom stereocenters. The van der Waals surface area contributed by atoms with Crippen molar-refractivity contribution in [3.63, 3.8) is 0 Å². The molecule has 1 aromatic carbocycles. The van der Waals surface area contributed by atoms with Crippen molar-refractivity contribution in [3.8, 4) is 17.2 Å². The van der Waals surface area contributed by atoms with Crippen molar-refractivity contribution in [1.29, 1.82) is 5.26 Å². The zero-order valence-corrected chi connectivity index (χ0v) is 27.6. The number of hydrogen-bond acceptors (Lipinski definition) is 8. The topological polar surface area (TPSA) is 131 Å². The van der Waals surface area contributed by atoms with Gasteiger partial charge in [0, 0.05) is 49.6 Å². The van der Waals surface area contributed by atoms with Gasteiger partial charge in [0.2, 0.25) is 5.91 Å². The van der Waals surface area contributed by atoms with Crippen molar-refractivity contribution >= 4 is 11.7 Å². The van der Waals surface area contributed by atoms with E-state index in [1.54, 1.807) is 17.1 Å². The molecule has 2 saturated carbocycles. The molecule has 0 spiro atoms. The van der Waals surface area contributed by atoms with Crippen LogP contribution < -0.4 is 10.6 Å². The first kappa shape index (κ1) is 34.1. The number of rotatable bonds is 12. The summed E-state index contributed by atoms with van der Waals surface area (Å²) < 4.78 is 31.7. The number of benzene rings is 1. The lowest BCUT2D eigenvalue weighted by Gasteiger charge is -2.33. The second kappa shape index (κ2) is 16.1. The van der Waals surface area contributed by atoms with Crippen LogP contribution >= 0.6 is 0 Å². The molecule has 49 heavy (non-hydrogen) atoms. The van der Waals surface area contributed by atoms with E-state index >= 15 is 0 Å². The van der Waals surface area contributed by atoms with E-state index in [1.165, 1.54) is 0 Å². The lowest BCUT2D eigenvalue weighted by atomic mass is 9.73. The third kappa shape index (κ3) is 9.03. The minimum absolute atomic E-state index is 0.0186. The molecule has 12 heteroatoms. The Morgan fingerprint density at radius 2 is 1.76 bits per heavy atom. The summed E-state index contributed by atoms with van der Waals surface area (Å²) in [7, 11) is 1.88. The molecule has 256 valence electrons. The van der Waals surface area contributed by atoms with E-state index in [-0.39, 0.29) is 23.8 Å². The van der Waals surface area contributed by atoms with Crippen LogP contribution in [0.4, 0.5) is 14.6 Å². The fraction of sp³-hybridized carbons (Fsp3) is 0.459. The number of carbonyl (C=O) groups is 1. The van der Waals surface area contributed by atoms with Gasteiger partial charge >= 0.3 is 6.61 Å². The average Bonchev–Trinajstić information content (AvgIpc) is 3.56. The van der Waals surface area contributed by atoms with Crippen LogP contribution in [0.3, 0.4) is 0 Å². The molecule has 2 fully saturated rings. The van der Waals surface area contributed by atoms with Gasteiger partial charge in [-0.1, -0.05) is 36.4 Å². The van der Waals surface area contributed by atoms with Crippen LogP contribution in [0, 0.1) is 23.2 Å². The molecule has 0 saturated heterocycles. The number of aromatic nitrogens is 5. The number of ether oxygens (including phenoxy) is 1. The van der Waals surface area contributed by atoms with E-state index in [4.69, 9.17) is 9.97 Å². The highest BCUT2D eigenvalue weighted by Gasteiger charge is 2.35. The number of nitrogens with one attached hydrogen (secondary N) is 2. The third-order valence-electron chi connectivity index (χ3n) is 9.84. The van der Waals surface area contributed by atoms with E-state index in [9.17, 15) is 18.8 Å². The van der Waals surface area contributed by atoms with Gasteiger partial charge in [-0.15, -0.1) is 0 Å². The summed E-state index contributed by atoms with van der Waals surface area (Å²) in [6.45, 7) is -2.31. The van der Waals surface area contributed by atoms with Gasteiger partial charge in [0.15, 0.2) is 0 Å². The molecule has 0 aliphatic heterocycles. The summed E-state index contributed by atoms with van der Waals surface area (Å²) in [4.78, 5) is 27.9. The standard InChI is InChI=1S/C37H42F2N8O2/c1-47-23-29(22-44-47)27-11-16-32(41-20-27)34(36(48)43-19-25-5-3-2-4-6-25)26-9-7-24(8-10-26)17-33-42-21-28(18-40)35(46-33)45-30-12-14-31(15-13-30)49-37(38)39/h2-6,11,16,20-24,26,30-31,34,37H,7-10,12-15,17,19H2,1H3,(H,43,48)(H,42,45,46). The fourth-order valence-corrected chi connectivity index (χ4v) is 7.19. The molecule has 2 aliphatic carbocycles. The van der Waals surface area contributed by atoms with Gasteiger partial charge in [0.05, 0.1) is 30.1 Å². The van der Waals surface area contributed by atoms with E-state index in [0.29, 0.717) is 61.8 Å². The van der Waals surface area contributed by atoms with Gasteiger partial charge in [-0.2, -0.15) is 19.1 Å². The molecule has 0 radical (unpaired) electrons. The Kier molecular flexibility index (Phi) is 11.2. The summed E-state index contributed by atoms with van der Waals surface area (Å²) in [5.74, 6) is 1.24. The van der Waals surface area contributed by atoms with Crippen LogP contribution in [0.5, 0.6) is 0 Å². The lowest BCUT2D eigenvalue weighted by Crippen LogP contribution is -2.35. The van der Waals surface area contributed by atoms with E-state index in [1.807, 2.05) is 61.9 Å². The molecule has 2 N–H and O–H groups in total. The van der Waals surface area contributed by atoms with Crippen molar-refractivity contribution in [2.45, 2.75) is 89.0 Å². The molecule has 2 aliphatic rings. The molecule has 1 amide bonds. The maximum absolute atomic E-state index is 13.8. The number of amides is 1. The van der Waals surface area contributed by atoms with E-state index in [2.05, 4.69) is 31.5 Å². The van der Waals surface area contributed by atoms with Crippen molar-refractivity contribution in [3.05, 3.63) is 89.9 Å². The van der Waals surface area contributed by atoms with Crippen molar-refractivity contribution in [2.24, 2.45) is 18.9 Å². The highest BCUT2D eigenvalue weighted by Crippen LogP contribution is 2.39. The predicted octanol–water partition coefficient (Wildman–Crippen LogP) is 6.56. The number of pyridine rings is 1. The Labute approximate surface area is 285 Å². The largest absolute Gasteiger partial charge is 0.366 e. The summed E-state index contributed by atoms with van der Waals surface area (Å²) in [5.41, 5.74) is 4.10. The molecule has 0 bridgehead atoms. The van der Waals surface area contributed by atoms with Crippen LogP contribution in [0.2, 0.25) is 0 Å². The quantitative estimate of drug-likeness (QED) is 0.174. The Balaban J connectivity index is 1.10. The number of alkyl halides is 2. The zero-order valence-electron chi connectivity index (χ0n) is 27.6. The summed E-state index contributed by atoms with van der Waals surface area (Å²) in [6, 6.07) is 16.1. The van der Waals surface area contributed by atoms with Gasteiger partial charge in [-0.3, -0.25) is 14.5 Å². The summed E-state index contributed by atoms with van der Waals surface area (Å²) in [6.07, 6.45) is 13.3. The van der Waals surface area contributed by atoms with Crippen LogP contribution in [0.1, 0.15) is 79.9 Å². The summed E-state index contributed by atoms with van der Waals surface area (Å²) in [5, 5.41) is 20.5. The number of anilines is 1. The van der Waals surface area contributed by atoms with Crippen LogP contribution in [-0.2, 0) is 29.5 Å². The molecule has 3 heterocycles. The Bertz CT molecular complexity index is 1710. The molecule has 4 aromatic rings. The van der Waals surface area contributed by atoms with Gasteiger partial charge in [-0.05, 0) is 74.8 Å². The van der Waals surface area contributed by atoms with Gasteiger partial charge in [-0.25, -0.2) is 9.97 Å². The monoisotopic (exact) mass is 668 g/mol. The highest BCUT2D eigenvalue weighted by molar-refractivity contribution is 5.83. The molecule has 1 unspecified atom stereocenters. The predicted molar refractivity (Wildman–Crippen MR) is 180 cm³/mol. The van der Waals surface area contributed by atoms with Crippen molar-refractivity contribution in [2.75, 3.05) is 5.32 Å². The second-order valence-electron chi connectivity index (χ2n) is 13.2. The van der Waals surface area contributed by atoms with Crippen LogP contribution in [0.15, 0.2) is 67.3 Å². The zero-order chi connectivity index (χ0) is 34.2. The van der Waals surface area contributed by atoms with Gasteiger partial charge in [0.25, 0.3) is 0 Å². The number of carbonyl (C=O) groups excluding carboxylic acids is 1. The molecule has 10 nitrogen and oxygen atoms in total. The average molecular weight is 669 g/mol. The Morgan fingerprint density at radius 1 is 0.980 bits per heavy atom. The SMILES string of the molecule is Cn1cc(-c2ccc(C(C(=O)NCc3ccccc3)C3CCC(Cc4ncc(C#N)c(NC5CCC(OC(F)F)CC5)n4)CC3)nc2)cn1. The number of hydrogen-bond donors (Lipinski definition) is 2. The second-order valence-corrected chi connectivity index (χ2v) is 13.2. The normalized spacial score (nSPS) is 21.5. The van der Waals surface area contributed by atoms with Crippen LogP contribution in [-0.4, -0.2) is 49.4 Å². The molecule has 6 rings (SSSR count). The van der Waals surface area contributed by atoms with Crippen molar-refractivity contribution < 1.29 is 18.3 Å². The number of aryl methyl sites for hydroxylation is 1. The van der Waals surface area contributed by atoms with E-state index in [0.717, 1.165) is 48.1 Å². The first-order chi connectivity index (χ1) is 23.8. The summed E-state index contributed by atoms with van der Waals surface area (Å²) >= 11 is 0. The molecular formula is C37H42F2N8O2. The lowest BCUT2D eigenvalue weighted by molar-refractivity contribution is -0.169. The highest BCUT2D eigenvalue weighted by atomic mass is 19.3. The maximum Gasteiger partial charge on any atom is 0.345 e. The molecular weight excluding hydrogens is 626 g/mol. The van der Waals surface area contributed by atoms with E-state index < -0.39 is 12.7 Å². The molecule has 3 aromatic heterocycles. The minimum Gasteiger partial charge on any atom is -0.366 e. The first-order valence-electron chi connectivity index (χ1n) is 17.1. The van der Waals surface area contributed by atoms with Gasteiger partial charge < -0.3 is 15.4 Å². The third-order valence-corrected chi connectivity index (χ3v) is 9.84. The Hall–Kier alpha value is -4.76. The smallest absolute Gasteiger partial charge is 0.345 e. The van der Waals surface area contributed by atoms with Crippen molar-refractivity contribution in [1.82, 2.24) is 30.0 Å². The maximum atomic E-state index is 13.8. The first-order valence-corrected chi connectivity index (χ1v) is 17.1. The minimum atomic E-state index is -2.76. The van der Waals surface area contributed by atoms with Gasteiger partial charge in [0.1, 0.15) is 23.3 Å². The Morgan fingerprint density at radius 3 is 2.41 bits per heavy atom. The number of nitrogens with zero attached hydrogens (tertiary/aromatic N) is 6. The van der Waals surface area contributed by atoms with Crippen LogP contribution in [0.25, 0.3) is 11.1 Å². The number of halogens is 2. The fourth-order valence-electron chi connectivity index (χ4n) is 7.19. The number of nitriles is 1.